The second kappa shape index (κ2) is 12.6. The van der Waals surface area contributed by atoms with E-state index in [0.717, 1.165) is 12.8 Å². The zero-order valence-electron chi connectivity index (χ0n) is 12.3. The molecule has 0 aromatic carbocycles. The highest BCUT2D eigenvalue weighted by atomic mass is 16.6. The van der Waals surface area contributed by atoms with E-state index >= 15 is 0 Å². The highest BCUT2D eigenvalue weighted by Crippen LogP contribution is 2.04. The number of amides is 1. The molecule has 3 N–H and O–H groups in total. The van der Waals surface area contributed by atoms with E-state index in [1.807, 2.05) is 0 Å². The van der Waals surface area contributed by atoms with Crippen LogP contribution < -0.4 is 11.1 Å². The highest BCUT2D eigenvalue weighted by molar-refractivity contribution is 5.86. The number of carbonyl (C=O) groups is 3. The van der Waals surface area contributed by atoms with Crippen LogP contribution in [-0.2, 0) is 19.1 Å². The van der Waals surface area contributed by atoms with Crippen LogP contribution in [0.4, 0.5) is 0 Å². The third-order valence-corrected chi connectivity index (χ3v) is 2.78. The molecule has 0 fully saturated rings. The van der Waals surface area contributed by atoms with Gasteiger partial charge in [0.05, 0.1) is 6.54 Å². The van der Waals surface area contributed by atoms with Crippen molar-refractivity contribution < 1.29 is 19.1 Å². The number of hydrogen-bond acceptors (Lipinski definition) is 5. The predicted octanol–water partition coefficient (Wildman–Crippen LogP) is 1.27. The Kier molecular flexibility index (Phi) is 11.7. The third kappa shape index (κ3) is 11.6. The molecular weight excluding hydrogens is 260 g/mol. The van der Waals surface area contributed by atoms with Crippen LogP contribution in [0.3, 0.4) is 0 Å². The molecule has 1 amide bonds. The monoisotopic (exact) mass is 286 g/mol. The molecule has 20 heavy (non-hydrogen) atoms. The maximum atomic E-state index is 11.4. The Balaban J connectivity index is 3.43. The van der Waals surface area contributed by atoms with Gasteiger partial charge in [0, 0.05) is 19.4 Å². The molecule has 0 saturated heterocycles. The Labute approximate surface area is 120 Å². The lowest BCUT2D eigenvalue weighted by Crippen LogP contribution is -2.25. The lowest BCUT2D eigenvalue weighted by atomic mass is 10.1. The van der Waals surface area contributed by atoms with E-state index in [2.05, 4.69) is 17.0 Å². The summed E-state index contributed by atoms with van der Waals surface area (Å²) in [5, 5.41) is 2.74. The molecule has 0 heterocycles. The van der Waals surface area contributed by atoms with E-state index in [4.69, 9.17) is 5.73 Å². The molecule has 0 aromatic rings. The zero-order chi connectivity index (χ0) is 15.2. The van der Waals surface area contributed by atoms with Crippen LogP contribution in [-0.4, -0.2) is 30.9 Å². The van der Waals surface area contributed by atoms with Gasteiger partial charge in [0.25, 0.3) is 0 Å². The summed E-state index contributed by atoms with van der Waals surface area (Å²) < 4.78 is 4.39. The van der Waals surface area contributed by atoms with E-state index in [1.165, 1.54) is 19.3 Å². The number of unbranched alkanes of at least 4 members (excludes halogenated alkanes) is 4. The molecule has 0 radical (unpaired) electrons. The van der Waals surface area contributed by atoms with Gasteiger partial charge in [-0.25, -0.2) is 0 Å². The molecule has 0 aliphatic carbocycles. The first-order chi connectivity index (χ1) is 9.60. The molecule has 0 rings (SSSR count). The smallest absolute Gasteiger partial charge is 0.327 e. The van der Waals surface area contributed by atoms with E-state index in [-0.39, 0.29) is 18.9 Å². The molecule has 0 spiro atoms. The number of nitrogens with one attached hydrogen (secondary N) is 1. The zero-order valence-corrected chi connectivity index (χ0v) is 12.3. The Bertz CT molecular complexity index is 306. The van der Waals surface area contributed by atoms with Crippen molar-refractivity contribution in [3.8, 4) is 0 Å². The minimum Gasteiger partial charge on any atom is -0.392 e. The van der Waals surface area contributed by atoms with Crippen LogP contribution >= 0.6 is 0 Å². The van der Waals surface area contributed by atoms with Gasteiger partial charge >= 0.3 is 11.9 Å². The van der Waals surface area contributed by atoms with Gasteiger partial charge in [-0.15, -0.1) is 0 Å². The minimum atomic E-state index is -0.730. The molecule has 6 nitrogen and oxygen atoms in total. The van der Waals surface area contributed by atoms with Crippen molar-refractivity contribution in [1.82, 2.24) is 5.32 Å². The molecule has 0 bridgehead atoms. The highest BCUT2D eigenvalue weighted by Gasteiger charge is 2.08. The lowest BCUT2D eigenvalue weighted by molar-refractivity contribution is -0.158. The van der Waals surface area contributed by atoms with Gasteiger partial charge in [0.1, 0.15) is 0 Å². The Morgan fingerprint density at radius 3 is 2.30 bits per heavy atom. The minimum absolute atomic E-state index is 0.00732. The molecule has 0 saturated carbocycles. The Morgan fingerprint density at radius 1 is 0.950 bits per heavy atom. The average Bonchev–Trinajstić information content (AvgIpc) is 2.43. The van der Waals surface area contributed by atoms with Crippen LogP contribution in [0.25, 0.3) is 0 Å². The SMILES string of the molecule is CCCCCCCC(=O)NCCCC(=O)OC(=O)CN. The van der Waals surface area contributed by atoms with Crippen molar-refractivity contribution in [2.24, 2.45) is 5.73 Å². The van der Waals surface area contributed by atoms with Crippen molar-refractivity contribution >= 4 is 17.8 Å². The predicted molar refractivity (Wildman–Crippen MR) is 75.8 cm³/mol. The van der Waals surface area contributed by atoms with E-state index < -0.39 is 11.9 Å². The number of rotatable bonds is 11. The topological polar surface area (TPSA) is 98.5 Å². The second-order valence-electron chi connectivity index (χ2n) is 4.67. The number of carbonyl (C=O) groups excluding carboxylic acids is 3. The van der Waals surface area contributed by atoms with Gasteiger partial charge in [-0.1, -0.05) is 32.6 Å². The van der Waals surface area contributed by atoms with E-state index in [1.54, 1.807) is 0 Å². The quantitative estimate of drug-likeness (QED) is 0.338. The summed E-state index contributed by atoms with van der Waals surface area (Å²) in [6.45, 7) is 2.26. The third-order valence-electron chi connectivity index (χ3n) is 2.78. The molecule has 0 unspecified atom stereocenters. The first kappa shape index (κ1) is 18.6. The Morgan fingerprint density at radius 2 is 1.65 bits per heavy atom. The van der Waals surface area contributed by atoms with Crippen LogP contribution in [0.5, 0.6) is 0 Å². The van der Waals surface area contributed by atoms with Gasteiger partial charge in [-0.3, -0.25) is 14.4 Å². The lowest BCUT2D eigenvalue weighted by Gasteiger charge is -2.05. The first-order valence-electron chi connectivity index (χ1n) is 7.30. The first-order valence-corrected chi connectivity index (χ1v) is 7.30. The summed E-state index contributed by atoms with van der Waals surface area (Å²) in [5.74, 6) is -1.33. The van der Waals surface area contributed by atoms with Crippen LogP contribution in [0, 0.1) is 0 Å². The molecule has 6 heteroatoms. The molecule has 0 aliphatic rings. The van der Waals surface area contributed by atoms with Gasteiger partial charge in [-0.05, 0) is 12.8 Å². The van der Waals surface area contributed by atoms with Gasteiger partial charge < -0.3 is 15.8 Å². The maximum Gasteiger partial charge on any atom is 0.327 e. The molecule has 0 aliphatic heterocycles. The van der Waals surface area contributed by atoms with Gasteiger partial charge in [-0.2, -0.15) is 0 Å². The fraction of sp³-hybridized carbons (Fsp3) is 0.786. The van der Waals surface area contributed by atoms with Crippen LogP contribution in [0.15, 0.2) is 0 Å². The van der Waals surface area contributed by atoms with Crippen molar-refractivity contribution in [1.29, 1.82) is 0 Å². The maximum absolute atomic E-state index is 11.4. The van der Waals surface area contributed by atoms with Gasteiger partial charge in [0.15, 0.2) is 0 Å². The molecular formula is C14H26N2O4. The van der Waals surface area contributed by atoms with Crippen molar-refractivity contribution in [2.45, 2.75) is 58.3 Å². The van der Waals surface area contributed by atoms with Crippen LogP contribution in [0.2, 0.25) is 0 Å². The summed E-state index contributed by atoms with van der Waals surface area (Å²) in [7, 11) is 0. The largest absolute Gasteiger partial charge is 0.392 e. The summed E-state index contributed by atoms with van der Waals surface area (Å²) in [4.78, 5) is 33.3. The summed E-state index contributed by atoms with van der Waals surface area (Å²) in [5.41, 5.74) is 5.01. The molecule has 0 atom stereocenters. The number of nitrogens with two attached hydrogens (primary N) is 1. The average molecular weight is 286 g/mol. The van der Waals surface area contributed by atoms with Crippen molar-refractivity contribution in [3.63, 3.8) is 0 Å². The van der Waals surface area contributed by atoms with Crippen molar-refractivity contribution in [3.05, 3.63) is 0 Å². The van der Waals surface area contributed by atoms with Crippen LogP contribution in [0.1, 0.15) is 58.3 Å². The fourth-order valence-corrected chi connectivity index (χ4v) is 1.66. The second-order valence-corrected chi connectivity index (χ2v) is 4.67. The number of ether oxygens (including phenoxy) is 1. The van der Waals surface area contributed by atoms with Gasteiger partial charge in [0.2, 0.25) is 5.91 Å². The Hall–Kier alpha value is -1.43. The molecule has 116 valence electrons. The fourth-order valence-electron chi connectivity index (χ4n) is 1.66. The normalized spacial score (nSPS) is 10.1. The number of hydrogen-bond donors (Lipinski definition) is 2. The summed E-state index contributed by atoms with van der Waals surface area (Å²) >= 11 is 0. The number of esters is 2. The summed E-state index contributed by atoms with van der Waals surface area (Å²) in [6, 6.07) is 0. The van der Waals surface area contributed by atoms with E-state index in [9.17, 15) is 14.4 Å². The van der Waals surface area contributed by atoms with Crippen molar-refractivity contribution in [2.75, 3.05) is 13.1 Å². The standard InChI is InChI=1S/C14H26N2O4/c1-2-3-4-5-6-8-12(17)16-10-7-9-13(18)20-14(19)11-15/h2-11,15H2,1H3,(H,16,17). The summed E-state index contributed by atoms with van der Waals surface area (Å²) in [6.07, 6.45) is 6.64. The molecule has 0 aromatic heterocycles. The van der Waals surface area contributed by atoms with E-state index in [0.29, 0.717) is 19.4 Å².